The second-order valence-corrected chi connectivity index (χ2v) is 9.67. The van der Waals surface area contributed by atoms with Crippen molar-refractivity contribution >= 4 is 27.8 Å². The van der Waals surface area contributed by atoms with Crippen molar-refractivity contribution in [3.05, 3.63) is 46.1 Å². The summed E-state index contributed by atoms with van der Waals surface area (Å²) >= 11 is 3.55. The number of hydrogen-bond acceptors (Lipinski definition) is 4. The number of hydrogen-bond donors (Lipinski definition) is 1. The maximum Gasteiger partial charge on any atom is 0.410 e. The molecule has 2 aliphatic rings. The Hall–Kier alpha value is -2.02. The van der Waals surface area contributed by atoms with Crippen molar-refractivity contribution < 1.29 is 9.53 Å². The SMILES string of the molecule is CC(C)(C)OC(=O)N1CCC(c2cc(N3CC(c4cccc(Br)c4)C3)n[nH]2)C1. The molecule has 1 N–H and O–H groups in total. The molecule has 28 heavy (non-hydrogen) atoms. The molecule has 1 atom stereocenters. The predicted octanol–water partition coefficient (Wildman–Crippen LogP) is 4.50. The zero-order valence-corrected chi connectivity index (χ0v) is 18.2. The molecule has 0 bridgehead atoms. The van der Waals surface area contributed by atoms with Crippen LogP contribution in [-0.2, 0) is 4.74 Å². The first-order valence-electron chi connectivity index (χ1n) is 9.82. The number of nitrogens with zero attached hydrogens (tertiary/aromatic N) is 3. The van der Waals surface area contributed by atoms with Crippen molar-refractivity contribution in [1.29, 1.82) is 0 Å². The first-order valence-corrected chi connectivity index (χ1v) is 10.6. The Balaban J connectivity index is 1.33. The van der Waals surface area contributed by atoms with Crippen molar-refractivity contribution in [2.24, 2.45) is 0 Å². The van der Waals surface area contributed by atoms with Crippen LogP contribution in [0.25, 0.3) is 0 Å². The molecule has 2 aromatic rings. The van der Waals surface area contributed by atoms with Gasteiger partial charge < -0.3 is 14.5 Å². The molecule has 0 spiro atoms. The van der Waals surface area contributed by atoms with Crippen LogP contribution in [0.3, 0.4) is 0 Å². The first kappa shape index (κ1) is 19.3. The highest BCUT2D eigenvalue weighted by atomic mass is 79.9. The smallest absolute Gasteiger partial charge is 0.410 e. The van der Waals surface area contributed by atoms with E-state index in [0.717, 1.165) is 42.0 Å². The molecule has 3 heterocycles. The van der Waals surface area contributed by atoms with E-state index in [4.69, 9.17) is 4.74 Å². The number of ether oxygens (including phenoxy) is 1. The van der Waals surface area contributed by atoms with E-state index in [1.807, 2.05) is 20.8 Å². The fraction of sp³-hybridized carbons (Fsp3) is 0.524. The third-order valence-electron chi connectivity index (χ3n) is 5.39. The van der Waals surface area contributed by atoms with E-state index in [1.54, 1.807) is 4.90 Å². The second kappa shape index (κ2) is 7.43. The zero-order valence-electron chi connectivity index (χ0n) is 16.6. The normalized spacial score (nSPS) is 20.4. The predicted molar refractivity (Wildman–Crippen MR) is 113 cm³/mol. The summed E-state index contributed by atoms with van der Waals surface area (Å²) in [7, 11) is 0. The first-order chi connectivity index (χ1) is 13.3. The summed E-state index contributed by atoms with van der Waals surface area (Å²) in [5.41, 5.74) is 2.01. The molecule has 2 saturated heterocycles. The van der Waals surface area contributed by atoms with Crippen LogP contribution in [0.5, 0.6) is 0 Å². The molecule has 2 aliphatic heterocycles. The van der Waals surface area contributed by atoms with E-state index in [9.17, 15) is 4.79 Å². The third-order valence-corrected chi connectivity index (χ3v) is 5.88. The Morgan fingerprint density at radius 2 is 2.00 bits per heavy atom. The summed E-state index contributed by atoms with van der Waals surface area (Å²) < 4.78 is 6.61. The van der Waals surface area contributed by atoms with Crippen molar-refractivity contribution in [2.45, 2.75) is 44.6 Å². The number of carbonyl (C=O) groups excluding carboxylic acids is 1. The maximum atomic E-state index is 12.3. The molecule has 1 amide bonds. The molecule has 150 valence electrons. The topological polar surface area (TPSA) is 61.5 Å². The molecule has 7 heteroatoms. The quantitative estimate of drug-likeness (QED) is 0.753. The minimum atomic E-state index is -0.460. The lowest BCUT2D eigenvalue weighted by Gasteiger charge is -2.39. The van der Waals surface area contributed by atoms with Crippen LogP contribution in [0.15, 0.2) is 34.8 Å². The molecule has 1 unspecified atom stereocenters. The van der Waals surface area contributed by atoms with Gasteiger partial charge in [-0.15, -0.1) is 0 Å². The van der Waals surface area contributed by atoms with Gasteiger partial charge in [0, 0.05) is 54.2 Å². The van der Waals surface area contributed by atoms with Crippen molar-refractivity contribution in [3.63, 3.8) is 0 Å². The average molecular weight is 447 g/mol. The molecule has 1 aromatic heterocycles. The number of benzene rings is 1. The van der Waals surface area contributed by atoms with Gasteiger partial charge in [0.25, 0.3) is 0 Å². The van der Waals surface area contributed by atoms with E-state index >= 15 is 0 Å². The number of aromatic amines is 1. The Kier molecular flexibility index (Phi) is 5.12. The van der Waals surface area contributed by atoms with Crippen LogP contribution < -0.4 is 4.90 Å². The van der Waals surface area contributed by atoms with Gasteiger partial charge in [-0.2, -0.15) is 5.10 Å². The van der Waals surface area contributed by atoms with Crippen molar-refractivity contribution in [1.82, 2.24) is 15.1 Å². The number of nitrogens with one attached hydrogen (secondary N) is 1. The Bertz CT molecular complexity index is 854. The number of H-pyrrole nitrogens is 1. The van der Waals surface area contributed by atoms with Gasteiger partial charge in [-0.1, -0.05) is 28.1 Å². The van der Waals surface area contributed by atoms with Crippen LogP contribution >= 0.6 is 15.9 Å². The summed E-state index contributed by atoms with van der Waals surface area (Å²) in [6, 6.07) is 10.7. The lowest BCUT2D eigenvalue weighted by Crippen LogP contribution is -2.45. The minimum Gasteiger partial charge on any atom is -0.444 e. The molecular weight excluding hydrogens is 420 g/mol. The lowest BCUT2D eigenvalue weighted by atomic mass is 9.91. The van der Waals surface area contributed by atoms with Gasteiger partial charge in [0.2, 0.25) is 0 Å². The number of amides is 1. The van der Waals surface area contributed by atoms with Crippen LogP contribution in [0.2, 0.25) is 0 Å². The van der Waals surface area contributed by atoms with Crippen molar-refractivity contribution in [3.8, 4) is 0 Å². The largest absolute Gasteiger partial charge is 0.444 e. The molecule has 0 saturated carbocycles. The van der Waals surface area contributed by atoms with Gasteiger partial charge >= 0.3 is 6.09 Å². The van der Waals surface area contributed by atoms with Crippen molar-refractivity contribution in [2.75, 3.05) is 31.1 Å². The summed E-state index contributed by atoms with van der Waals surface area (Å²) in [5.74, 6) is 1.83. The highest BCUT2D eigenvalue weighted by Gasteiger charge is 2.33. The molecule has 2 fully saturated rings. The van der Waals surface area contributed by atoms with Crippen LogP contribution in [0.4, 0.5) is 10.6 Å². The second-order valence-electron chi connectivity index (χ2n) is 8.75. The fourth-order valence-corrected chi connectivity index (χ4v) is 4.26. The minimum absolute atomic E-state index is 0.227. The average Bonchev–Trinajstić information content (AvgIpc) is 3.21. The standard InChI is InChI=1S/C21H27BrN4O2/c1-21(2,3)28-20(27)25-8-7-15(11-25)18-10-19(24-23-18)26-12-16(13-26)14-5-4-6-17(22)9-14/h4-6,9-10,15-16H,7-8,11-13H2,1-3H3,(H,23,24). The number of anilines is 1. The van der Waals surface area contributed by atoms with Gasteiger partial charge in [0.05, 0.1) is 0 Å². The van der Waals surface area contributed by atoms with Gasteiger partial charge in [0.1, 0.15) is 5.60 Å². The molecule has 4 rings (SSSR count). The van der Waals surface area contributed by atoms with Gasteiger partial charge in [-0.05, 0) is 44.9 Å². The number of halogens is 1. The van der Waals surface area contributed by atoms with Gasteiger partial charge in [-0.3, -0.25) is 5.10 Å². The summed E-state index contributed by atoms with van der Waals surface area (Å²) in [6.07, 6.45) is 0.705. The van der Waals surface area contributed by atoms with Gasteiger partial charge in [0.15, 0.2) is 5.82 Å². The number of carbonyl (C=O) groups is 1. The van der Waals surface area contributed by atoms with E-state index in [2.05, 4.69) is 61.4 Å². The molecule has 6 nitrogen and oxygen atoms in total. The molecule has 1 aromatic carbocycles. The number of rotatable bonds is 3. The van der Waals surface area contributed by atoms with Crippen LogP contribution in [0.1, 0.15) is 50.3 Å². The lowest BCUT2D eigenvalue weighted by molar-refractivity contribution is 0.0292. The molecule has 0 aliphatic carbocycles. The summed E-state index contributed by atoms with van der Waals surface area (Å²) in [6.45, 7) is 9.06. The fourth-order valence-electron chi connectivity index (χ4n) is 3.84. The highest BCUT2D eigenvalue weighted by Crippen LogP contribution is 2.34. The maximum absolute atomic E-state index is 12.3. The molecular formula is C21H27BrN4O2. The van der Waals surface area contributed by atoms with E-state index in [1.165, 1.54) is 5.56 Å². The van der Waals surface area contributed by atoms with Crippen LogP contribution in [-0.4, -0.2) is 53.0 Å². The summed E-state index contributed by atoms with van der Waals surface area (Å²) in [5, 5.41) is 7.71. The monoisotopic (exact) mass is 446 g/mol. The van der Waals surface area contributed by atoms with Crippen LogP contribution in [0, 0.1) is 0 Å². The number of likely N-dealkylation sites (tertiary alicyclic amines) is 1. The Morgan fingerprint density at radius 1 is 1.21 bits per heavy atom. The third kappa shape index (κ3) is 4.19. The zero-order chi connectivity index (χ0) is 19.9. The van der Waals surface area contributed by atoms with Gasteiger partial charge in [-0.25, -0.2) is 4.79 Å². The Morgan fingerprint density at radius 3 is 2.71 bits per heavy atom. The van der Waals surface area contributed by atoms with E-state index < -0.39 is 5.60 Å². The van der Waals surface area contributed by atoms with E-state index in [0.29, 0.717) is 12.5 Å². The Labute approximate surface area is 174 Å². The summed E-state index contributed by atoms with van der Waals surface area (Å²) in [4.78, 5) is 16.4. The molecule has 0 radical (unpaired) electrons. The highest BCUT2D eigenvalue weighted by molar-refractivity contribution is 9.10. The van der Waals surface area contributed by atoms with E-state index in [-0.39, 0.29) is 12.0 Å². The number of aromatic nitrogens is 2.